The van der Waals surface area contributed by atoms with E-state index in [1.807, 2.05) is 47.4 Å². The summed E-state index contributed by atoms with van der Waals surface area (Å²) >= 11 is 0. The molecule has 1 aliphatic carbocycles. The number of anilines is 5. The number of pyridine rings is 1. The SMILES string of the molecule is C=CCNC(=O)c1cnc(Nc2ccc(N3CCN(C)CC3)cc2)nc1Nc1cccc(-c2cnn(C3CCC3)c2)n1. The predicted octanol–water partition coefficient (Wildman–Crippen LogP) is 4.61. The molecule has 4 aromatic rings. The average Bonchev–Trinajstić information content (AvgIpc) is 3.46. The topological polar surface area (TPSA) is 116 Å². The van der Waals surface area contributed by atoms with Crippen LogP contribution in [0.4, 0.5) is 29.0 Å². The van der Waals surface area contributed by atoms with Gasteiger partial charge in [-0.3, -0.25) is 9.48 Å². The summed E-state index contributed by atoms with van der Waals surface area (Å²) in [6.07, 6.45) is 10.6. The molecule has 0 bridgehead atoms. The lowest BCUT2D eigenvalue weighted by molar-refractivity contribution is 0.0958. The van der Waals surface area contributed by atoms with Crippen molar-refractivity contribution >= 4 is 34.9 Å². The first-order chi connectivity index (χ1) is 20.6. The van der Waals surface area contributed by atoms with Gasteiger partial charge in [0.15, 0.2) is 0 Å². The van der Waals surface area contributed by atoms with Crippen molar-refractivity contribution < 1.29 is 4.79 Å². The maximum absolute atomic E-state index is 12.9. The van der Waals surface area contributed by atoms with Crippen LogP contribution in [0.3, 0.4) is 0 Å². The molecular formula is C31H36N10O. The fraction of sp³-hybridized carbons (Fsp3) is 0.323. The van der Waals surface area contributed by atoms with E-state index in [-0.39, 0.29) is 5.91 Å². The standard InChI is InChI=1S/C31H36N10O/c1-3-14-32-30(42)26-20-33-31(35-23-10-12-24(13-11-23)40-17-15-39(2)16-18-40)38-29(26)37-28-9-5-8-27(36-28)22-19-34-41(21-22)25-6-4-7-25/h3,5,8-13,19-21,25H,1,4,6-7,14-18H2,2H3,(H,32,42)(H2,33,35,36,37,38). The minimum absolute atomic E-state index is 0.304. The van der Waals surface area contributed by atoms with E-state index < -0.39 is 0 Å². The van der Waals surface area contributed by atoms with Crippen molar-refractivity contribution in [3.8, 4) is 11.3 Å². The molecule has 2 aliphatic rings. The average molecular weight is 565 g/mol. The zero-order chi connectivity index (χ0) is 28.9. The van der Waals surface area contributed by atoms with E-state index in [1.165, 1.54) is 18.3 Å². The summed E-state index contributed by atoms with van der Waals surface area (Å²) < 4.78 is 2.03. The van der Waals surface area contributed by atoms with Crippen molar-refractivity contribution in [1.29, 1.82) is 0 Å². The Morgan fingerprint density at radius 1 is 1.02 bits per heavy atom. The van der Waals surface area contributed by atoms with Gasteiger partial charge in [-0.2, -0.15) is 10.1 Å². The number of rotatable bonds is 10. The van der Waals surface area contributed by atoms with Gasteiger partial charge < -0.3 is 25.8 Å². The maximum atomic E-state index is 12.9. The molecular weight excluding hydrogens is 528 g/mol. The number of amides is 1. The van der Waals surface area contributed by atoms with Crippen LogP contribution >= 0.6 is 0 Å². The van der Waals surface area contributed by atoms with E-state index in [9.17, 15) is 4.79 Å². The number of hydrogen-bond donors (Lipinski definition) is 3. The highest BCUT2D eigenvalue weighted by Crippen LogP contribution is 2.32. The van der Waals surface area contributed by atoms with Gasteiger partial charge in [0.25, 0.3) is 5.91 Å². The highest BCUT2D eigenvalue weighted by atomic mass is 16.1. The van der Waals surface area contributed by atoms with Crippen LogP contribution in [0.25, 0.3) is 11.3 Å². The van der Waals surface area contributed by atoms with Crippen LogP contribution in [0, 0.1) is 0 Å². The molecule has 1 saturated carbocycles. The molecule has 11 nitrogen and oxygen atoms in total. The Labute approximate surface area is 245 Å². The summed E-state index contributed by atoms with van der Waals surface area (Å²) in [5, 5.41) is 13.9. The molecule has 11 heteroatoms. The number of piperazine rings is 1. The Morgan fingerprint density at radius 3 is 2.57 bits per heavy atom. The first kappa shape index (κ1) is 27.4. The Kier molecular flexibility index (Phi) is 8.09. The summed E-state index contributed by atoms with van der Waals surface area (Å²) in [5.41, 5.74) is 4.08. The third kappa shape index (κ3) is 6.26. The summed E-state index contributed by atoms with van der Waals surface area (Å²) in [6, 6.07) is 14.4. The molecule has 2 fully saturated rings. The smallest absolute Gasteiger partial charge is 0.256 e. The van der Waals surface area contributed by atoms with Gasteiger partial charge in [-0.1, -0.05) is 12.1 Å². The van der Waals surface area contributed by atoms with E-state index in [1.54, 1.807) is 6.08 Å². The maximum Gasteiger partial charge on any atom is 0.256 e. The number of nitrogens with one attached hydrogen (secondary N) is 3. The Bertz CT molecular complexity index is 1540. The predicted molar refractivity (Wildman–Crippen MR) is 166 cm³/mol. The highest BCUT2D eigenvalue weighted by molar-refractivity contribution is 5.99. The molecule has 0 atom stereocenters. The second-order valence-electron chi connectivity index (χ2n) is 10.7. The van der Waals surface area contributed by atoms with Crippen molar-refractivity contribution in [1.82, 2.24) is 34.9 Å². The van der Waals surface area contributed by atoms with Crippen LogP contribution in [-0.4, -0.2) is 75.3 Å². The monoisotopic (exact) mass is 564 g/mol. The molecule has 6 rings (SSSR count). The van der Waals surface area contributed by atoms with Crippen LogP contribution in [-0.2, 0) is 0 Å². The van der Waals surface area contributed by atoms with E-state index in [0.29, 0.717) is 35.7 Å². The van der Waals surface area contributed by atoms with Crippen molar-refractivity contribution in [3.05, 3.63) is 79.3 Å². The fourth-order valence-corrected chi connectivity index (χ4v) is 5.02. The first-order valence-corrected chi connectivity index (χ1v) is 14.4. The van der Waals surface area contributed by atoms with E-state index in [4.69, 9.17) is 4.98 Å². The van der Waals surface area contributed by atoms with Crippen LogP contribution in [0.1, 0.15) is 35.7 Å². The van der Waals surface area contributed by atoms with Gasteiger partial charge in [0.2, 0.25) is 5.95 Å². The van der Waals surface area contributed by atoms with Gasteiger partial charge in [0.1, 0.15) is 17.2 Å². The van der Waals surface area contributed by atoms with Gasteiger partial charge in [0.05, 0.1) is 17.9 Å². The van der Waals surface area contributed by atoms with Crippen LogP contribution < -0.4 is 20.9 Å². The van der Waals surface area contributed by atoms with E-state index >= 15 is 0 Å². The fourth-order valence-electron chi connectivity index (χ4n) is 5.02. The summed E-state index contributed by atoms with van der Waals surface area (Å²) in [4.78, 5) is 31.6. The number of carbonyl (C=O) groups excluding carboxylic acids is 1. The zero-order valence-electron chi connectivity index (χ0n) is 23.8. The first-order valence-electron chi connectivity index (χ1n) is 14.4. The summed E-state index contributed by atoms with van der Waals surface area (Å²) in [5.74, 6) is 0.960. The van der Waals surface area contributed by atoms with Gasteiger partial charge >= 0.3 is 0 Å². The van der Waals surface area contributed by atoms with Crippen molar-refractivity contribution in [2.45, 2.75) is 25.3 Å². The second-order valence-corrected chi connectivity index (χ2v) is 10.7. The minimum Gasteiger partial charge on any atom is -0.369 e. The van der Waals surface area contributed by atoms with Crippen molar-refractivity contribution in [3.63, 3.8) is 0 Å². The number of likely N-dealkylation sites (N-methyl/N-ethyl adjacent to an activating group) is 1. The molecule has 4 heterocycles. The Morgan fingerprint density at radius 2 is 1.83 bits per heavy atom. The quantitative estimate of drug-likeness (QED) is 0.237. The van der Waals surface area contributed by atoms with E-state index in [0.717, 1.165) is 56.0 Å². The molecule has 1 amide bonds. The zero-order valence-corrected chi connectivity index (χ0v) is 23.8. The van der Waals surface area contributed by atoms with Gasteiger partial charge in [-0.15, -0.1) is 6.58 Å². The van der Waals surface area contributed by atoms with Crippen molar-refractivity contribution in [2.24, 2.45) is 0 Å². The molecule has 0 unspecified atom stereocenters. The summed E-state index contributed by atoms with van der Waals surface area (Å²) in [7, 11) is 2.15. The lowest BCUT2D eigenvalue weighted by Gasteiger charge is -2.34. The van der Waals surface area contributed by atoms with Crippen LogP contribution in [0.2, 0.25) is 0 Å². The third-order valence-corrected chi connectivity index (χ3v) is 7.77. The normalized spacial score (nSPS) is 15.6. The molecule has 216 valence electrons. The second kappa shape index (κ2) is 12.4. The molecule has 3 N–H and O–H groups in total. The molecule has 1 saturated heterocycles. The lowest BCUT2D eigenvalue weighted by atomic mass is 9.93. The summed E-state index contributed by atoms with van der Waals surface area (Å²) in [6.45, 7) is 8.14. The van der Waals surface area contributed by atoms with Crippen LogP contribution in [0.15, 0.2) is 73.7 Å². The lowest BCUT2D eigenvalue weighted by Crippen LogP contribution is -2.44. The van der Waals surface area contributed by atoms with Gasteiger partial charge in [-0.05, 0) is 62.7 Å². The van der Waals surface area contributed by atoms with Crippen molar-refractivity contribution in [2.75, 3.05) is 55.3 Å². The Balaban J connectivity index is 1.21. The highest BCUT2D eigenvalue weighted by Gasteiger charge is 2.21. The van der Waals surface area contributed by atoms with Gasteiger partial charge in [-0.25, -0.2) is 9.97 Å². The number of hydrogen-bond acceptors (Lipinski definition) is 9. The van der Waals surface area contributed by atoms with Gasteiger partial charge in [0, 0.05) is 62.1 Å². The molecule has 42 heavy (non-hydrogen) atoms. The van der Waals surface area contributed by atoms with Crippen LogP contribution in [0.5, 0.6) is 0 Å². The minimum atomic E-state index is -0.307. The van der Waals surface area contributed by atoms with E-state index in [2.05, 4.69) is 66.6 Å². The largest absolute Gasteiger partial charge is 0.369 e. The Hall–Kier alpha value is -4.77. The number of nitrogens with zero attached hydrogens (tertiary/aromatic N) is 7. The number of benzene rings is 1. The molecule has 0 spiro atoms. The molecule has 1 aliphatic heterocycles. The molecule has 3 aromatic heterocycles. The third-order valence-electron chi connectivity index (χ3n) is 7.77. The number of carbonyl (C=O) groups is 1. The molecule has 1 aromatic carbocycles. The molecule has 0 radical (unpaired) electrons. The number of aromatic nitrogens is 5.